The number of fused-ring (bicyclic) bond motifs is 1. The number of aryl methyl sites for hydroxylation is 1. The Morgan fingerprint density at radius 3 is 2.51 bits per heavy atom. The fourth-order valence-electron chi connectivity index (χ4n) is 5.95. The summed E-state index contributed by atoms with van der Waals surface area (Å²) >= 11 is 0. The van der Waals surface area contributed by atoms with Crippen molar-refractivity contribution in [1.29, 1.82) is 0 Å². The van der Waals surface area contributed by atoms with Crippen molar-refractivity contribution in [2.45, 2.75) is 50.9 Å². The Bertz CT molecular complexity index is 1530. The second-order valence-electron chi connectivity index (χ2n) is 10.5. The number of hydrogen-bond donors (Lipinski definition) is 1. The molecule has 0 amide bonds. The zero-order valence-corrected chi connectivity index (χ0v) is 21.7. The molecule has 1 aliphatic carbocycles. The number of benzene rings is 2. The van der Waals surface area contributed by atoms with Crippen molar-refractivity contribution < 1.29 is 13.2 Å². The van der Waals surface area contributed by atoms with Gasteiger partial charge in [-0.3, -0.25) is 9.69 Å². The number of pyridine rings is 1. The van der Waals surface area contributed by atoms with Crippen LogP contribution in [-0.4, -0.2) is 56.3 Å². The summed E-state index contributed by atoms with van der Waals surface area (Å²) in [6, 6.07) is 13.0. The molecule has 1 atom stereocenters. The monoisotopic (exact) mass is 537 g/mol. The molecule has 0 radical (unpaired) electrons. The van der Waals surface area contributed by atoms with E-state index in [4.69, 9.17) is 0 Å². The second kappa shape index (κ2) is 10.1. The van der Waals surface area contributed by atoms with Gasteiger partial charge in [0, 0.05) is 42.9 Å². The van der Waals surface area contributed by atoms with Crippen LogP contribution in [0, 0.1) is 6.92 Å². The number of tetrazole rings is 1. The van der Waals surface area contributed by atoms with Gasteiger partial charge in [-0.15, -0.1) is 5.10 Å². The molecule has 0 spiro atoms. The number of aromatic nitrogens is 5. The van der Waals surface area contributed by atoms with E-state index < -0.39 is 17.8 Å². The highest BCUT2D eigenvalue weighted by Gasteiger charge is 2.35. The van der Waals surface area contributed by atoms with Crippen molar-refractivity contribution in [3.63, 3.8) is 0 Å². The standard InChI is InChI=1S/C28H30F3N7O/c1-18-9-10-24-19(15-18)16-23(27(39)32-24)25(26-33-34-35-38(26)21-6-2-3-7-21)37-13-11-36(12-14-37)22-8-4-5-20(17-22)28(29,30)31/h4-5,8-10,15-17,21,25H,2-3,6-7,11-14H2,1H3,(H,32,39)/t25-/m1/s1. The predicted octanol–water partition coefficient (Wildman–Crippen LogP) is 4.87. The molecular formula is C28H30F3N7O. The normalized spacial score (nSPS) is 18.2. The fourth-order valence-corrected chi connectivity index (χ4v) is 5.95. The quantitative estimate of drug-likeness (QED) is 0.391. The smallest absolute Gasteiger partial charge is 0.369 e. The molecule has 8 nitrogen and oxygen atoms in total. The van der Waals surface area contributed by atoms with Gasteiger partial charge in [0.15, 0.2) is 5.82 Å². The predicted molar refractivity (Wildman–Crippen MR) is 142 cm³/mol. The highest BCUT2D eigenvalue weighted by atomic mass is 19.4. The van der Waals surface area contributed by atoms with Crippen LogP contribution >= 0.6 is 0 Å². The lowest BCUT2D eigenvalue weighted by molar-refractivity contribution is -0.137. The van der Waals surface area contributed by atoms with Crippen LogP contribution < -0.4 is 10.5 Å². The summed E-state index contributed by atoms with van der Waals surface area (Å²) in [7, 11) is 0. The molecule has 2 aromatic carbocycles. The van der Waals surface area contributed by atoms with E-state index in [1.54, 1.807) is 6.07 Å². The molecule has 4 aromatic rings. The molecule has 11 heteroatoms. The van der Waals surface area contributed by atoms with Gasteiger partial charge in [-0.05, 0) is 72.0 Å². The van der Waals surface area contributed by atoms with Crippen molar-refractivity contribution in [1.82, 2.24) is 30.1 Å². The molecule has 0 bridgehead atoms. The first-order valence-corrected chi connectivity index (χ1v) is 13.4. The van der Waals surface area contributed by atoms with Crippen molar-refractivity contribution in [2.75, 3.05) is 31.1 Å². The highest BCUT2D eigenvalue weighted by molar-refractivity contribution is 5.79. The third-order valence-electron chi connectivity index (χ3n) is 7.97. The Morgan fingerprint density at radius 1 is 1.00 bits per heavy atom. The van der Waals surface area contributed by atoms with Gasteiger partial charge in [-0.2, -0.15) is 13.2 Å². The second-order valence-corrected chi connectivity index (χ2v) is 10.5. The molecule has 204 valence electrons. The average Bonchev–Trinajstić information content (AvgIpc) is 3.62. The van der Waals surface area contributed by atoms with Gasteiger partial charge in [0.1, 0.15) is 6.04 Å². The number of alkyl halides is 3. The summed E-state index contributed by atoms with van der Waals surface area (Å²) in [4.78, 5) is 20.6. The highest BCUT2D eigenvalue weighted by Crippen LogP contribution is 2.35. The van der Waals surface area contributed by atoms with E-state index in [1.807, 2.05) is 40.8 Å². The molecule has 6 rings (SSSR count). The van der Waals surface area contributed by atoms with E-state index in [1.165, 1.54) is 12.1 Å². The molecule has 0 unspecified atom stereocenters. The van der Waals surface area contributed by atoms with Gasteiger partial charge >= 0.3 is 6.18 Å². The Morgan fingerprint density at radius 2 is 1.77 bits per heavy atom. The van der Waals surface area contributed by atoms with Crippen LogP contribution in [0.5, 0.6) is 0 Å². The van der Waals surface area contributed by atoms with Crippen LogP contribution in [-0.2, 0) is 6.18 Å². The number of rotatable bonds is 5. The minimum absolute atomic E-state index is 0.186. The maximum absolute atomic E-state index is 13.5. The van der Waals surface area contributed by atoms with Crippen molar-refractivity contribution >= 4 is 16.6 Å². The number of piperazine rings is 1. The number of H-pyrrole nitrogens is 1. The van der Waals surface area contributed by atoms with Crippen molar-refractivity contribution in [3.05, 3.63) is 81.4 Å². The van der Waals surface area contributed by atoms with Crippen LogP contribution in [0.3, 0.4) is 0 Å². The largest absolute Gasteiger partial charge is 0.416 e. The third kappa shape index (κ3) is 5.03. The Hall–Kier alpha value is -3.73. The summed E-state index contributed by atoms with van der Waals surface area (Å²) in [5.74, 6) is 0.631. The van der Waals surface area contributed by atoms with Crippen LogP contribution in [0.4, 0.5) is 18.9 Å². The lowest BCUT2D eigenvalue weighted by Gasteiger charge is -2.40. The maximum atomic E-state index is 13.5. The molecule has 39 heavy (non-hydrogen) atoms. The van der Waals surface area contributed by atoms with E-state index in [0.717, 1.165) is 48.2 Å². The topological polar surface area (TPSA) is 82.9 Å². The number of anilines is 1. The molecule has 1 aliphatic heterocycles. The van der Waals surface area contributed by atoms with E-state index in [2.05, 4.69) is 25.4 Å². The lowest BCUT2D eigenvalue weighted by atomic mass is 10.0. The van der Waals surface area contributed by atoms with E-state index in [-0.39, 0.29) is 11.6 Å². The lowest BCUT2D eigenvalue weighted by Crippen LogP contribution is -2.49. The van der Waals surface area contributed by atoms with E-state index in [9.17, 15) is 18.0 Å². The number of nitrogens with one attached hydrogen (secondary N) is 1. The molecule has 1 N–H and O–H groups in total. The minimum Gasteiger partial charge on any atom is -0.369 e. The fraction of sp³-hybridized carbons (Fsp3) is 0.429. The van der Waals surface area contributed by atoms with Gasteiger partial charge in [0.2, 0.25) is 0 Å². The van der Waals surface area contributed by atoms with Gasteiger partial charge in [-0.1, -0.05) is 30.5 Å². The van der Waals surface area contributed by atoms with Crippen molar-refractivity contribution in [3.8, 4) is 0 Å². The molecule has 3 heterocycles. The third-order valence-corrected chi connectivity index (χ3v) is 7.97. The average molecular weight is 538 g/mol. The number of aromatic amines is 1. The number of hydrogen-bond acceptors (Lipinski definition) is 6. The zero-order valence-electron chi connectivity index (χ0n) is 21.7. The van der Waals surface area contributed by atoms with Crippen LogP contribution in [0.2, 0.25) is 0 Å². The Balaban J connectivity index is 1.36. The molecule has 1 saturated carbocycles. The maximum Gasteiger partial charge on any atom is 0.416 e. The number of nitrogens with zero attached hydrogens (tertiary/aromatic N) is 6. The Labute approximate surface area is 223 Å². The SMILES string of the molecule is Cc1ccc2[nH]c(=O)c([C@H](c3nnnn3C3CCCC3)N3CCN(c4cccc(C(F)(F)F)c4)CC3)cc2c1. The number of halogens is 3. The van der Waals surface area contributed by atoms with E-state index >= 15 is 0 Å². The van der Waals surface area contributed by atoms with E-state index in [0.29, 0.717) is 43.3 Å². The van der Waals surface area contributed by atoms with Crippen LogP contribution in [0.1, 0.15) is 60.3 Å². The molecule has 2 fully saturated rings. The first-order valence-electron chi connectivity index (χ1n) is 13.4. The summed E-state index contributed by atoms with van der Waals surface area (Å²) < 4.78 is 41.8. The summed E-state index contributed by atoms with van der Waals surface area (Å²) in [5.41, 5.74) is 2.09. The van der Waals surface area contributed by atoms with Gasteiger partial charge in [-0.25, -0.2) is 4.68 Å². The summed E-state index contributed by atoms with van der Waals surface area (Å²) in [6.07, 6.45) is -0.196. The first-order chi connectivity index (χ1) is 18.8. The molecule has 2 aromatic heterocycles. The van der Waals surface area contributed by atoms with Gasteiger partial charge < -0.3 is 9.88 Å². The van der Waals surface area contributed by atoms with Gasteiger partial charge in [0.25, 0.3) is 5.56 Å². The molecule has 1 saturated heterocycles. The molecule has 2 aliphatic rings. The zero-order chi connectivity index (χ0) is 27.1. The minimum atomic E-state index is -4.39. The Kier molecular flexibility index (Phi) is 6.62. The summed E-state index contributed by atoms with van der Waals surface area (Å²) in [5, 5.41) is 13.7. The van der Waals surface area contributed by atoms with Crippen molar-refractivity contribution in [2.24, 2.45) is 0 Å². The molecular weight excluding hydrogens is 507 g/mol. The van der Waals surface area contributed by atoms with Crippen LogP contribution in [0.25, 0.3) is 10.9 Å². The summed E-state index contributed by atoms with van der Waals surface area (Å²) in [6.45, 7) is 4.09. The van der Waals surface area contributed by atoms with Crippen LogP contribution in [0.15, 0.2) is 53.3 Å². The van der Waals surface area contributed by atoms with Gasteiger partial charge in [0.05, 0.1) is 11.6 Å². The first kappa shape index (κ1) is 25.5.